The molecule has 1 aliphatic heterocycles. The zero-order chi connectivity index (χ0) is 12.5. The topological polar surface area (TPSA) is 15.3 Å². The summed E-state index contributed by atoms with van der Waals surface area (Å²) < 4.78 is 0. The van der Waals surface area contributed by atoms with Gasteiger partial charge in [0.1, 0.15) is 0 Å². The molecule has 2 aliphatic rings. The van der Waals surface area contributed by atoms with E-state index in [9.17, 15) is 0 Å². The predicted molar refractivity (Wildman–Crippen MR) is 77.9 cm³/mol. The molecule has 1 saturated carbocycles. The molecule has 1 aliphatic carbocycles. The smallest absolute Gasteiger partial charge is 0.0654 e. The molecule has 2 fully saturated rings. The lowest BCUT2D eigenvalue weighted by Crippen LogP contribution is -2.46. The highest BCUT2D eigenvalue weighted by atomic mass is 35.5. The SMILES string of the molecule is Clc1ccc(N2CCCC(NC3CC3)C2)c(Cl)c1. The first kappa shape index (κ1) is 12.6. The Bertz CT molecular complexity index is 432. The molecule has 1 heterocycles. The van der Waals surface area contributed by atoms with Crippen molar-refractivity contribution in [2.75, 3.05) is 18.0 Å². The van der Waals surface area contributed by atoms with Gasteiger partial charge in [-0.05, 0) is 43.9 Å². The van der Waals surface area contributed by atoms with Crippen LogP contribution >= 0.6 is 23.2 Å². The monoisotopic (exact) mass is 284 g/mol. The molecule has 1 unspecified atom stereocenters. The third kappa shape index (κ3) is 2.93. The van der Waals surface area contributed by atoms with Gasteiger partial charge >= 0.3 is 0 Å². The van der Waals surface area contributed by atoms with Crippen LogP contribution in [0.15, 0.2) is 18.2 Å². The summed E-state index contributed by atoms with van der Waals surface area (Å²) in [5.41, 5.74) is 1.11. The molecule has 0 bridgehead atoms. The summed E-state index contributed by atoms with van der Waals surface area (Å²) in [7, 11) is 0. The predicted octanol–water partition coefficient (Wildman–Crippen LogP) is 3.71. The average molecular weight is 285 g/mol. The summed E-state index contributed by atoms with van der Waals surface area (Å²) in [5, 5.41) is 5.17. The van der Waals surface area contributed by atoms with Crippen molar-refractivity contribution in [1.82, 2.24) is 5.32 Å². The molecule has 1 atom stereocenters. The Morgan fingerprint density at radius 3 is 2.67 bits per heavy atom. The van der Waals surface area contributed by atoms with Crippen molar-refractivity contribution in [3.8, 4) is 0 Å². The van der Waals surface area contributed by atoms with Crippen LogP contribution in [0.3, 0.4) is 0 Å². The summed E-state index contributed by atoms with van der Waals surface area (Å²) in [4.78, 5) is 2.38. The van der Waals surface area contributed by atoms with Crippen LogP contribution in [0.5, 0.6) is 0 Å². The van der Waals surface area contributed by atoms with Crippen LogP contribution in [-0.2, 0) is 0 Å². The van der Waals surface area contributed by atoms with Crippen LogP contribution in [-0.4, -0.2) is 25.2 Å². The molecule has 0 aromatic heterocycles. The van der Waals surface area contributed by atoms with E-state index in [4.69, 9.17) is 23.2 Å². The summed E-state index contributed by atoms with van der Waals surface area (Å²) in [5.74, 6) is 0. The van der Waals surface area contributed by atoms with Gasteiger partial charge in [0.15, 0.2) is 0 Å². The molecule has 0 amide bonds. The minimum atomic E-state index is 0.609. The molecule has 1 saturated heterocycles. The Hall–Kier alpha value is -0.440. The van der Waals surface area contributed by atoms with E-state index in [2.05, 4.69) is 10.2 Å². The van der Waals surface area contributed by atoms with Crippen molar-refractivity contribution in [1.29, 1.82) is 0 Å². The van der Waals surface area contributed by atoms with E-state index in [1.807, 2.05) is 18.2 Å². The number of anilines is 1. The number of piperidine rings is 1. The van der Waals surface area contributed by atoms with Gasteiger partial charge in [-0.2, -0.15) is 0 Å². The summed E-state index contributed by atoms with van der Waals surface area (Å²) in [6, 6.07) is 7.16. The van der Waals surface area contributed by atoms with Gasteiger partial charge in [-0.1, -0.05) is 23.2 Å². The molecule has 98 valence electrons. The largest absolute Gasteiger partial charge is 0.369 e. The number of hydrogen-bond acceptors (Lipinski definition) is 2. The van der Waals surface area contributed by atoms with Crippen molar-refractivity contribution >= 4 is 28.9 Å². The molecule has 1 N–H and O–H groups in total. The molecule has 0 spiro atoms. The highest BCUT2D eigenvalue weighted by molar-refractivity contribution is 6.36. The van der Waals surface area contributed by atoms with Gasteiger partial charge in [-0.25, -0.2) is 0 Å². The van der Waals surface area contributed by atoms with E-state index < -0.39 is 0 Å². The third-order valence-electron chi connectivity index (χ3n) is 3.72. The lowest BCUT2D eigenvalue weighted by atomic mass is 10.0. The number of nitrogens with zero attached hydrogens (tertiary/aromatic N) is 1. The Kier molecular flexibility index (Phi) is 3.69. The van der Waals surface area contributed by atoms with E-state index in [1.165, 1.54) is 25.7 Å². The highest BCUT2D eigenvalue weighted by Gasteiger charge is 2.28. The van der Waals surface area contributed by atoms with Crippen LogP contribution in [0, 0.1) is 0 Å². The summed E-state index contributed by atoms with van der Waals surface area (Å²) in [6.07, 6.45) is 5.19. The van der Waals surface area contributed by atoms with Crippen LogP contribution in [0.4, 0.5) is 5.69 Å². The van der Waals surface area contributed by atoms with Gasteiger partial charge in [0.2, 0.25) is 0 Å². The van der Waals surface area contributed by atoms with Gasteiger partial charge in [0.05, 0.1) is 10.7 Å². The maximum atomic E-state index is 6.28. The first-order valence-electron chi connectivity index (χ1n) is 6.68. The van der Waals surface area contributed by atoms with Crippen molar-refractivity contribution in [3.63, 3.8) is 0 Å². The van der Waals surface area contributed by atoms with Crippen molar-refractivity contribution in [2.45, 2.75) is 37.8 Å². The van der Waals surface area contributed by atoms with Gasteiger partial charge < -0.3 is 10.2 Å². The first-order valence-corrected chi connectivity index (χ1v) is 7.44. The average Bonchev–Trinajstić information content (AvgIpc) is 3.13. The van der Waals surface area contributed by atoms with E-state index in [0.29, 0.717) is 11.1 Å². The Balaban J connectivity index is 1.70. The normalized spacial score (nSPS) is 24.3. The van der Waals surface area contributed by atoms with E-state index in [1.54, 1.807) is 0 Å². The van der Waals surface area contributed by atoms with E-state index in [-0.39, 0.29) is 0 Å². The molecule has 2 nitrogen and oxygen atoms in total. The van der Waals surface area contributed by atoms with Crippen molar-refractivity contribution in [2.24, 2.45) is 0 Å². The number of hydrogen-bond donors (Lipinski definition) is 1. The molecule has 0 radical (unpaired) electrons. The van der Waals surface area contributed by atoms with Gasteiger partial charge in [-0.15, -0.1) is 0 Å². The Morgan fingerprint density at radius 2 is 1.94 bits per heavy atom. The maximum absolute atomic E-state index is 6.28. The minimum Gasteiger partial charge on any atom is -0.369 e. The van der Waals surface area contributed by atoms with Crippen LogP contribution in [0.25, 0.3) is 0 Å². The zero-order valence-electron chi connectivity index (χ0n) is 10.3. The molecular weight excluding hydrogens is 267 g/mol. The number of nitrogens with one attached hydrogen (secondary N) is 1. The molecular formula is C14H18Cl2N2. The highest BCUT2D eigenvalue weighted by Crippen LogP contribution is 2.31. The van der Waals surface area contributed by atoms with Gasteiger partial charge in [-0.3, -0.25) is 0 Å². The molecule has 1 aromatic rings. The second-order valence-electron chi connectivity index (χ2n) is 5.32. The minimum absolute atomic E-state index is 0.609. The van der Waals surface area contributed by atoms with Crippen LogP contribution < -0.4 is 10.2 Å². The zero-order valence-corrected chi connectivity index (χ0v) is 11.8. The lowest BCUT2D eigenvalue weighted by molar-refractivity contribution is 0.420. The summed E-state index contributed by atoms with van der Waals surface area (Å²) >= 11 is 12.2. The number of halogens is 2. The third-order valence-corrected chi connectivity index (χ3v) is 4.26. The van der Waals surface area contributed by atoms with Gasteiger partial charge in [0.25, 0.3) is 0 Å². The fourth-order valence-electron chi connectivity index (χ4n) is 2.65. The fourth-order valence-corrected chi connectivity index (χ4v) is 3.18. The lowest BCUT2D eigenvalue weighted by Gasteiger charge is -2.35. The second kappa shape index (κ2) is 5.28. The summed E-state index contributed by atoms with van der Waals surface area (Å²) in [6.45, 7) is 2.14. The maximum Gasteiger partial charge on any atom is 0.0654 e. The van der Waals surface area contributed by atoms with Crippen molar-refractivity contribution in [3.05, 3.63) is 28.2 Å². The van der Waals surface area contributed by atoms with E-state index >= 15 is 0 Å². The Labute approximate surface area is 118 Å². The standard InChI is InChI=1S/C14H18Cl2N2/c15-10-3-6-14(13(16)8-10)18-7-1-2-12(9-18)17-11-4-5-11/h3,6,8,11-12,17H,1-2,4-5,7,9H2. The number of benzene rings is 1. The fraction of sp³-hybridized carbons (Fsp3) is 0.571. The van der Waals surface area contributed by atoms with Crippen molar-refractivity contribution < 1.29 is 0 Å². The molecule has 18 heavy (non-hydrogen) atoms. The quantitative estimate of drug-likeness (QED) is 0.910. The number of rotatable bonds is 3. The first-order chi connectivity index (χ1) is 8.72. The second-order valence-corrected chi connectivity index (χ2v) is 6.17. The Morgan fingerprint density at radius 1 is 1.11 bits per heavy atom. The van der Waals surface area contributed by atoms with Crippen LogP contribution in [0.1, 0.15) is 25.7 Å². The van der Waals surface area contributed by atoms with Gasteiger partial charge in [0, 0.05) is 30.2 Å². The van der Waals surface area contributed by atoms with Crippen LogP contribution in [0.2, 0.25) is 10.0 Å². The molecule has 3 rings (SSSR count). The molecule has 1 aromatic carbocycles. The molecule has 4 heteroatoms. The van der Waals surface area contributed by atoms with E-state index in [0.717, 1.165) is 29.8 Å².